The van der Waals surface area contributed by atoms with Crippen molar-refractivity contribution in [3.05, 3.63) is 63.1 Å². The molecule has 0 unspecified atom stereocenters. The molecule has 0 amide bonds. The number of guanidine groups is 1. The molecule has 4 rings (SSSR count). The topological polar surface area (TPSA) is 71.2 Å². The summed E-state index contributed by atoms with van der Waals surface area (Å²) < 4.78 is 2.00. The molecule has 31 heavy (non-hydrogen) atoms. The number of benzene rings is 1. The molecular weight excluding hydrogens is 521 g/mol. The van der Waals surface area contributed by atoms with Gasteiger partial charge in [0.25, 0.3) is 0 Å². The summed E-state index contributed by atoms with van der Waals surface area (Å²) in [4.78, 5) is 13.4. The summed E-state index contributed by atoms with van der Waals surface area (Å²) in [5.74, 6) is 2.63. The number of hydrogen-bond acceptors (Lipinski definition) is 5. The Morgan fingerprint density at radius 2 is 1.97 bits per heavy atom. The van der Waals surface area contributed by atoms with Gasteiger partial charge in [-0.05, 0) is 38.2 Å². The van der Waals surface area contributed by atoms with Gasteiger partial charge >= 0.3 is 0 Å². The van der Waals surface area contributed by atoms with Crippen LogP contribution in [0.15, 0.2) is 35.3 Å². The van der Waals surface area contributed by atoms with Crippen LogP contribution in [0, 0.1) is 6.92 Å². The molecule has 9 heteroatoms. The lowest BCUT2D eigenvalue weighted by Gasteiger charge is -2.21. The van der Waals surface area contributed by atoms with E-state index in [1.54, 1.807) is 0 Å². The summed E-state index contributed by atoms with van der Waals surface area (Å²) in [5.41, 5.74) is 2.49. The Morgan fingerprint density at radius 3 is 2.68 bits per heavy atom. The van der Waals surface area contributed by atoms with Crippen LogP contribution in [0.25, 0.3) is 0 Å². The van der Waals surface area contributed by atoms with Gasteiger partial charge in [0, 0.05) is 19.0 Å². The maximum Gasteiger partial charge on any atom is 0.194 e. The van der Waals surface area contributed by atoms with Crippen LogP contribution in [0.2, 0.25) is 0 Å². The van der Waals surface area contributed by atoms with E-state index < -0.39 is 0 Å². The average Bonchev–Trinajstić information content (AvgIpc) is 3.31. The van der Waals surface area contributed by atoms with E-state index in [1.165, 1.54) is 35.4 Å². The van der Waals surface area contributed by atoms with E-state index in [4.69, 9.17) is 9.98 Å². The zero-order chi connectivity index (χ0) is 20.9. The molecule has 0 saturated carbocycles. The van der Waals surface area contributed by atoms with Gasteiger partial charge in [-0.25, -0.2) is 9.98 Å². The quantitative estimate of drug-likeness (QED) is 0.286. The van der Waals surface area contributed by atoms with Crippen LogP contribution in [-0.2, 0) is 39.5 Å². The lowest BCUT2D eigenvalue weighted by atomic mass is 10.0. The second-order valence-corrected chi connectivity index (χ2v) is 8.91. The molecule has 1 aromatic carbocycles. The fourth-order valence-electron chi connectivity index (χ4n) is 3.58. The minimum atomic E-state index is 0. The van der Waals surface area contributed by atoms with E-state index in [9.17, 15) is 0 Å². The molecule has 2 heterocycles. The van der Waals surface area contributed by atoms with Crippen LogP contribution in [0.4, 0.5) is 0 Å². The Morgan fingerprint density at radius 1 is 1.19 bits per heavy atom. The minimum absolute atomic E-state index is 0. The Hall–Kier alpha value is -2.01. The SMILES string of the molecule is Cc1nnc(CNC(=NCc2ccccc2)N(C)Cc2nc3c(s2)CCCC3)n1C.I. The molecule has 0 radical (unpaired) electrons. The molecule has 0 atom stereocenters. The number of fused-ring (bicyclic) bond motifs is 1. The van der Waals surface area contributed by atoms with Gasteiger partial charge in [-0.15, -0.1) is 45.5 Å². The number of hydrogen-bond donors (Lipinski definition) is 1. The van der Waals surface area contributed by atoms with E-state index in [-0.39, 0.29) is 24.0 Å². The standard InChI is InChI=1S/C22H29N7S.HI/c1-16-26-27-20(29(16)3)14-24-22(23-13-17-9-5-4-6-10-17)28(2)15-21-25-18-11-7-8-12-19(18)30-21;/h4-6,9-10H,7-8,11-15H2,1-3H3,(H,23,24);1H. The molecule has 2 aromatic heterocycles. The van der Waals surface area contributed by atoms with Crippen LogP contribution in [0.1, 0.15) is 45.6 Å². The van der Waals surface area contributed by atoms with Gasteiger partial charge < -0.3 is 14.8 Å². The Labute approximate surface area is 205 Å². The first-order chi connectivity index (χ1) is 14.6. The maximum absolute atomic E-state index is 4.89. The highest BCUT2D eigenvalue weighted by molar-refractivity contribution is 14.0. The van der Waals surface area contributed by atoms with Gasteiger partial charge in [-0.1, -0.05) is 30.3 Å². The number of thiazole rings is 1. The number of rotatable bonds is 6. The third-order valence-corrected chi connectivity index (χ3v) is 6.61. The second-order valence-electron chi connectivity index (χ2n) is 7.74. The van der Waals surface area contributed by atoms with Gasteiger partial charge in [-0.2, -0.15) is 0 Å². The normalized spacial score (nSPS) is 13.5. The highest BCUT2D eigenvalue weighted by atomic mass is 127. The number of aliphatic imine (C=N–C) groups is 1. The Balaban J connectivity index is 0.00000272. The predicted molar refractivity (Wildman–Crippen MR) is 136 cm³/mol. The second kappa shape index (κ2) is 11.0. The van der Waals surface area contributed by atoms with E-state index in [2.05, 4.69) is 39.6 Å². The van der Waals surface area contributed by atoms with Crippen molar-refractivity contribution in [3.8, 4) is 0 Å². The van der Waals surface area contributed by atoms with Crippen molar-refractivity contribution in [3.63, 3.8) is 0 Å². The molecular formula is C22H30IN7S. The van der Waals surface area contributed by atoms with Gasteiger partial charge in [0.05, 0.1) is 25.3 Å². The van der Waals surface area contributed by atoms with Crippen molar-refractivity contribution in [1.82, 2.24) is 30.0 Å². The first-order valence-electron chi connectivity index (χ1n) is 10.5. The number of halogens is 1. The number of nitrogens with zero attached hydrogens (tertiary/aromatic N) is 6. The smallest absolute Gasteiger partial charge is 0.194 e. The van der Waals surface area contributed by atoms with Gasteiger partial charge in [0.15, 0.2) is 11.8 Å². The monoisotopic (exact) mass is 551 g/mol. The van der Waals surface area contributed by atoms with E-state index in [0.717, 1.165) is 35.6 Å². The first-order valence-corrected chi connectivity index (χ1v) is 11.3. The predicted octanol–water partition coefficient (Wildman–Crippen LogP) is 3.85. The minimum Gasteiger partial charge on any atom is -0.349 e. The van der Waals surface area contributed by atoms with Crippen LogP contribution in [0.3, 0.4) is 0 Å². The van der Waals surface area contributed by atoms with Crippen LogP contribution in [-0.4, -0.2) is 37.7 Å². The molecule has 0 fully saturated rings. The first kappa shape index (κ1) is 23.6. The molecule has 0 aliphatic heterocycles. The lowest BCUT2D eigenvalue weighted by molar-refractivity contribution is 0.470. The molecule has 1 aliphatic carbocycles. The van der Waals surface area contributed by atoms with Gasteiger partial charge in [0.2, 0.25) is 0 Å². The van der Waals surface area contributed by atoms with Crippen LogP contribution < -0.4 is 5.32 Å². The molecule has 7 nitrogen and oxygen atoms in total. The third-order valence-electron chi connectivity index (χ3n) is 5.47. The molecule has 166 valence electrons. The maximum atomic E-state index is 4.89. The fourth-order valence-corrected chi connectivity index (χ4v) is 4.79. The molecule has 0 saturated heterocycles. The van der Waals surface area contributed by atoms with Gasteiger partial charge in [-0.3, -0.25) is 0 Å². The van der Waals surface area contributed by atoms with E-state index >= 15 is 0 Å². The van der Waals surface area contributed by atoms with Crippen molar-refractivity contribution in [2.75, 3.05) is 7.05 Å². The molecule has 0 spiro atoms. The molecule has 3 aromatic rings. The summed E-state index contributed by atoms with van der Waals surface area (Å²) >= 11 is 1.85. The summed E-state index contributed by atoms with van der Waals surface area (Å²) in [7, 11) is 4.05. The third kappa shape index (κ3) is 6.03. The van der Waals surface area contributed by atoms with Crippen molar-refractivity contribution in [2.24, 2.45) is 12.0 Å². The Bertz CT molecular complexity index is 989. The summed E-state index contributed by atoms with van der Waals surface area (Å²) in [6.45, 7) is 3.90. The Kier molecular flexibility index (Phi) is 8.42. The number of aryl methyl sites for hydroxylation is 3. The average molecular weight is 552 g/mol. The zero-order valence-corrected chi connectivity index (χ0v) is 21.5. The fraction of sp³-hybridized carbons (Fsp3) is 0.455. The lowest BCUT2D eigenvalue weighted by Crippen LogP contribution is -2.38. The summed E-state index contributed by atoms with van der Waals surface area (Å²) in [6, 6.07) is 10.3. The largest absolute Gasteiger partial charge is 0.349 e. The van der Waals surface area contributed by atoms with Crippen molar-refractivity contribution in [1.29, 1.82) is 0 Å². The van der Waals surface area contributed by atoms with E-state index in [0.29, 0.717) is 13.1 Å². The highest BCUT2D eigenvalue weighted by Crippen LogP contribution is 2.27. The summed E-state index contributed by atoms with van der Waals surface area (Å²) in [5, 5.41) is 13.0. The number of nitrogens with one attached hydrogen (secondary N) is 1. The number of aromatic nitrogens is 4. The highest BCUT2D eigenvalue weighted by Gasteiger charge is 2.17. The van der Waals surface area contributed by atoms with Crippen molar-refractivity contribution in [2.45, 2.75) is 52.2 Å². The van der Waals surface area contributed by atoms with Crippen LogP contribution in [0.5, 0.6) is 0 Å². The van der Waals surface area contributed by atoms with Gasteiger partial charge in [0.1, 0.15) is 10.8 Å². The van der Waals surface area contributed by atoms with Crippen LogP contribution >= 0.6 is 35.3 Å². The molecule has 1 N–H and O–H groups in total. The summed E-state index contributed by atoms with van der Waals surface area (Å²) in [6.07, 6.45) is 4.84. The molecule has 1 aliphatic rings. The zero-order valence-electron chi connectivity index (χ0n) is 18.3. The van der Waals surface area contributed by atoms with Crippen molar-refractivity contribution >= 4 is 41.3 Å². The van der Waals surface area contributed by atoms with Crippen molar-refractivity contribution < 1.29 is 0 Å². The molecule has 0 bridgehead atoms. The van der Waals surface area contributed by atoms with E-state index in [1.807, 2.05) is 48.1 Å².